The molecule has 56 valence electrons. The van der Waals surface area contributed by atoms with E-state index in [1.807, 2.05) is 0 Å². The van der Waals surface area contributed by atoms with Crippen molar-refractivity contribution in [3.05, 3.63) is 0 Å². The highest BCUT2D eigenvalue weighted by Crippen LogP contribution is 1.96. The first-order valence-electron chi connectivity index (χ1n) is 3.33. The van der Waals surface area contributed by atoms with Crippen molar-refractivity contribution in [1.82, 2.24) is 10.9 Å². The first-order valence-corrected chi connectivity index (χ1v) is 4.85. The number of hydrazine groups is 1. The second-order valence-corrected chi connectivity index (χ2v) is 3.05. The Morgan fingerprint density at radius 2 is 2.11 bits per heavy atom. The molecule has 0 rings (SSSR count). The van der Waals surface area contributed by atoms with Gasteiger partial charge in [0.2, 0.25) is 0 Å². The van der Waals surface area contributed by atoms with Crippen molar-refractivity contribution in [2.24, 2.45) is 5.92 Å². The van der Waals surface area contributed by atoms with E-state index in [9.17, 15) is 0 Å². The van der Waals surface area contributed by atoms with Gasteiger partial charge in [0.15, 0.2) is 0 Å². The highest BCUT2D eigenvalue weighted by Gasteiger charge is 1.95. The SMILES string of the molecule is CCNNCC(C)CI. The third kappa shape index (κ3) is 6.54. The molecular formula is C6H15IN2. The Kier molecular flexibility index (Phi) is 7.25. The van der Waals surface area contributed by atoms with Gasteiger partial charge in [0.05, 0.1) is 0 Å². The summed E-state index contributed by atoms with van der Waals surface area (Å²) in [5.74, 6) is 0.768. The van der Waals surface area contributed by atoms with Crippen molar-refractivity contribution < 1.29 is 0 Å². The van der Waals surface area contributed by atoms with E-state index >= 15 is 0 Å². The van der Waals surface area contributed by atoms with Crippen LogP contribution in [-0.2, 0) is 0 Å². The summed E-state index contributed by atoms with van der Waals surface area (Å²) in [6, 6.07) is 0. The van der Waals surface area contributed by atoms with Gasteiger partial charge in [-0.3, -0.25) is 10.9 Å². The number of hydrogen-bond donors (Lipinski definition) is 2. The predicted molar refractivity (Wildman–Crippen MR) is 49.7 cm³/mol. The molecule has 0 aliphatic rings. The molecule has 2 nitrogen and oxygen atoms in total. The fraction of sp³-hybridized carbons (Fsp3) is 1.00. The van der Waals surface area contributed by atoms with E-state index < -0.39 is 0 Å². The average molecular weight is 242 g/mol. The van der Waals surface area contributed by atoms with E-state index in [0.717, 1.165) is 19.0 Å². The van der Waals surface area contributed by atoms with E-state index in [1.165, 1.54) is 4.43 Å². The molecule has 2 N–H and O–H groups in total. The number of hydrogen-bond acceptors (Lipinski definition) is 2. The van der Waals surface area contributed by atoms with E-state index in [2.05, 4.69) is 47.3 Å². The second kappa shape index (κ2) is 6.77. The topological polar surface area (TPSA) is 24.1 Å². The molecule has 0 aliphatic heterocycles. The molecule has 0 amide bonds. The maximum Gasteiger partial charge on any atom is 0.0133 e. The minimum atomic E-state index is 0.768. The van der Waals surface area contributed by atoms with Crippen LogP contribution >= 0.6 is 22.6 Å². The molecule has 0 radical (unpaired) electrons. The first-order chi connectivity index (χ1) is 4.31. The van der Waals surface area contributed by atoms with Crippen molar-refractivity contribution in [1.29, 1.82) is 0 Å². The van der Waals surface area contributed by atoms with Gasteiger partial charge in [-0.25, -0.2) is 0 Å². The van der Waals surface area contributed by atoms with Crippen LogP contribution in [0.1, 0.15) is 13.8 Å². The molecule has 0 bridgehead atoms. The standard InChI is InChI=1S/C6H15IN2/c1-3-8-9-5-6(2)4-7/h6,8-9H,3-5H2,1-2H3. The van der Waals surface area contributed by atoms with Gasteiger partial charge in [0.25, 0.3) is 0 Å². The Morgan fingerprint density at radius 1 is 1.44 bits per heavy atom. The summed E-state index contributed by atoms with van der Waals surface area (Å²) in [5.41, 5.74) is 6.19. The quantitative estimate of drug-likeness (QED) is 0.327. The van der Waals surface area contributed by atoms with Gasteiger partial charge >= 0.3 is 0 Å². The molecule has 1 atom stereocenters. The van der Waals surface area contributed by atoms with E-state index in [1.54, 1.807) is 0 Å². The van der Waals surface area contributed by atoms with Crippen molar-refractivity contribution in [3.63, 3.8) is 0 Å². The zero-order chi connectivity index (χ0) is 7.11. The van der Waals surface area contributed by atoms with Gasteiger partial charge in [0.1, 0.15) is 0 Å². The predicted octanol–water partition coefficient (Wildman–Crippen LogP) is 1.17. The van der Waals surface area contributed by atoms with Crippen LogP contribution in [0.5, 0.6) is 0 Å². The molecule has 0 aromatic heterocycles. The zero-order valence-corrected chi connectivity index (χ0v) is 8.23. The summed E-state index contributed by atoms with van der Waals surface area (Å²) >= 11 is 2.40. The summed E-state index contributed by atoms with van der Waals surface area (Å²) in [5, 5.41) is 0. The number of halogens is 1. The van der Waals surface area contributed by atoms with E-state index in [0.29, 0.717) is 0 Å². The lowest BCUT2D eigenvalue weighted by molar-refractivity contribution is 0.488. The molecule has 9 heavy (non-hydrogen) atoms. The molecule has 1 unspecified atom stereocenters. The molecule has 0 aliphatic carbocycles. The Balaban J connectivity index is 2.88. The van der Waals surface area contributed by atoms with Crippen LogP contribution in [0.4, 0.5) is 0 Å². The number of nitrogens with one attached hydrogen (secondary N) is 2. The first kappa shape index (κ1) is 9.65. The monoisotopic (exact) mass is 242 g/mol. The zero-order valence-electron chi connectivity index (χ0n) is 6.08. The Hall–Kier alpha value is 0.650. The number of alkyl halides is 1. The maximum atomic E-state index is 3.13. The van der Waals surface area contributed by atoms with E-state index in [4.69, 9.17) is 0 Å². The van der Waals surface area contributed by atoms with Gasteiger partial charge in [-0.1, -0.05) is 36.4 Å². The Morgan fingerprint density at radius 3 is 2.56 bits per heavy atom. The molecule has 0 saturated heterocycles. The van der Waals surface area contributed by atoms with Crippen molar-refractivity contribution >= 4 is 22.6 Å². The van der Waals surface area contributed by atoms with Crippen LogP contribution in [0.15, 0.2) is 0 Å². The molecular weight excluding hydrogens is 227 g/mol. The summed E-state index contributed by atoms with van der Waals surface area (Å²) in [6.45, 7) is 6.38. The second-order valence-electron chi connectivity index (χ2n) is 2.17. The fourth-order valence-corrected chi connectivity index (χ4v) is 0.737. The summed E-state index contributed by atoms with van der Waals surface area (Å²) < 4.78 is 1.22. The normalized spacial score (nSPS) is 13.7. The highest BCUT2D eigenvalue weighted by atomic mass is 127. The van der Waals surface area contributed by atoms with Gasteiger partial charge < -0.3 is 0 Å². The largest absolute Gasteiger partial charge is 0.258 e. The van der Waals surface area contributed by atoms with Crippen LogP contribution < -0.4 is 10.9 Å². The lowest BCUT2D eigenvalue weighted by Crippen LogP contribution is -2.35. The highest BCUT2D eigenvalue weighted by molar-refractivity contribution is 14.1. The minimum Gasteiger partial charge on any atom is -0.258 e. The molecule has 0 aromatic rings. The molecule has 0 spiro atoms. The van der Waals surface area contributed by atoms with Crippen molar-refractivity contribution in [3.8, 4) is 0 Å². The molecule has 0 heterocycles. The van der Waals surface area contributed by atoms with Crippen LogP contribution in [0.2, 0.25) is 0 Å². The van der Waals surface area contributed by atoms with Gasteiger partial charge in [-0.2, -0.15) is 0 Å². The van der Waals surface area contributed by atoms with Crippen LogP contribution in [0.3, 0.4) is 0 Å². The summed E-state index contributed by atoms with van der Waals surface area (Å²) in [4.78, 5) is 0. The third-order valence-corrected chi connectivity index (χ3v) is 2.52. The van der Waals surface area contributed by atoms with Gasteiger partial charge in [-0.15, -0.1) is 0 Å². The lowest BCUT2D eigenvalue weighted by Gasteiger charge is -2.08. The van der Waals surface area contributed by atoms with Crippen molar-refractivity contribution in [2.45, 2.75) is 13.8 Å². The lowest BCUT2D eigenvalue weighted by atomic mass is 10.2. The van der Waals surface area contributed by atoms with Crippen LogP contribution in [0.25, 0.3) is 0 Å². The molecule has 0 saturated carbocycles. The van der Waals surface area contributed by atoms with Gasteiger partial charge in [-0.05, 0) is 5.92 Å². The fourth-order valence-electron chi connectivity index (χ4n) is 0.426. The Labute approximate surface area is 70.9 Å². The minimum absolute atomic E-state index is 0.768. The van der Waals surface area contributed by atoms with Crippen LogP contribution in [-0.4, -0.2) is 17.5 Å². The van der Waals surface area contributed by atoms with Gasteiger partial charge in [0, 0.05) is 17.5 Å². The van der Waals surface area contributed by atoms with Crippen LogP contribution in [0, 0.1) is 5.92 Å². The smallest absolute Gasteiger partial charge is 0.0133 e. The molecule has 0 fully saturated rings. The average Bonchev–Trinajstić information content (AvgIpc) is 1.89. The molecule has 3 heteroatoms. The number of rotatable bonds is 5. The Bertz CT molecular complexity index is 59.0. The maximum absolute atomic E-state index is 3.13. The summed E-state index contributed by atoms with van der Waals surface area (Å²) in [7, 11) is 0. The third-order valence-electron chi connectivity index (χ3n) is 1.02. The molecule has 0 aromatic carbocycles. The summed E-state index contributed by atoms with van der Waals surface area (Å²) in [6.07, 6.45) is 0. The van der Waals surface area contributed by atoms with E-state index in [-0.39, 0.29) is 0 Å². The van der Waals surface area contributed by atoms with Crippen molar-refractivity contribution in [2.75, 3.05) is 17.5 Å².